The van der Waals surface area contributed by atoms with Crippen LogP contribution in [-0.4, -0.2) is 64.8 Å². The number of carbonyl (C=O) groups excluding carboxylic acids is 1. The second-order valence-corrected chi connectivity index (χ2v) is 7.56. The number of nitrogens with zero attached hydrogens (tertiary/aromatic N) is 5. The highest BCUT2D eigenvalue weighted by atomic mass is 32.1. The molecule has 0 saturated carbocycles. The van der Waals surface area contributed by atoms with Gasteiger partial charge in [-0.1, -0.05) is 11.3 Å². The fraction of sp³-hybridized carbons (Fsp3) is 0.588. The van der Waals surface area contributed by atoms with E-state index in [9.17, 15) is 4.79 Å². The fourth-order valence-electron chi connectivity index (χ4n) is 3.50. The Bertz CT molecular complexity index is 714. The molecule has 25 heavy (non-hydrogen) atoms. The van der Waals surface area contributed by atoms with Crippen molar-refractivity contribution in [2.24, 2.45) is 0 Å². The average molecular weight is 360 g/mol. The molecule has 0 atom stereocenters. The first kappa shape index (κ1) is 16.5. The second kappa shape index (κ2) is 7.53. The number of aromatic nitrogens is 3. The highest BCUT2D eigenvalue weighted by Crippen LogP contribution is 2.27. The highest BCUT2D eigenvalue weighted by molar-refractivity contribution is 7.17. The van der Waals surface area contributed by atoms with Crippen LogP contribution in [0.5, 0.6) is 0 Å². The van der Waals surface area contributed by atoms with Gasteiger partial charge in [-0.05, 0) is 50.9 Å². The van der Waals surface area contributed by atoms with Crippen LogP contribution in [0.25, 0.3) is 5.13 Å². The van der Waals surface area contributed by atoms with E-state index in [1.54, 1.807) is 11.3 Å². The lowest BCUT2D eigenvalue weighted by Crippen LogP contribution is -2.34. The van der Waals surface area contributed by atoms with Gasteiger partial charge >= 0.3 is 0 Å². The molecule has 0 aliphatic carbocycles. The Morgan fingerprint density at radius 1 is 1.08 bits per heavy atom. The third-order valence-corrected chi connectivity index (χ3v) is 5.86. The zero-order chi connectivity index (χ0) is 17.1. The van der Waals surface area contributed by atoms with E-state index >= 15 is 0 Å². The Balaban J connectivity index is 1.40. The average Bonchev–Trinajstić information content (AvgIpc) is 3.42. The summed E-state index contributed by atoms with van der Waals surface area (Å²) in [6.45, 7) is 5.99. The molecule has 2 aromatic heterocycles. The zero-order valence-electron chi connectivity index (χ0n) is 14.4. The van der Waals surface area contributed by atoms with E-state index in [2.05, 4.69) is 25.3 Å². The van der Waals surface area contributed by atoms with Crippen LogP contribution in [0.15, 0.2) is 18.3 Å². The van der Waals surface area contributed by atoms with Crippen LogP contribution >= 0.6 is 11.3 Å². The predicted molar refractivity (Wildman–Crippen MR) is 98.7 cm³/mol. The molecule has 1 N–H and O–H groups in total. The molecule has 4 heterocycles. The first-order valence-electron chi connectivity index (χ1n) is 9.08. The maximum atomic E-state index is 12.5. The van der Waals surface area contributed by atoms with Gasteiger partial charge in [-0.25, -0.2) is 0 Å². The molecule has 2 fully saturated rings. The molecule has 2 aliphatic heterocycles. The Morgan fingerprint density at radius 2 is 1.80 bits per heavy atom. The van der Waals surface area contributed by atoms with Crippen LogP contribution in [-0.2, 0) is 0 Å². The normalized spacial score (nSPS) is 18.2. The van der Waals surface area contributed by atoms with Crippen LogP contribution in [0, 0.1) is 0 Å². The molecule has 0 bridgehead atoms. The first-order valence-corrected chi connectivity index (χ1v) is 9.90. The van der Waals surface area contributed by atoms with Gasteiger partial charge in [0.2, 0.25) is 10.3 Å². The van der Waals surface area contributed by atoms with Crippen molar-refractivity contribution in [1.29, 1.82) is 0 Å². The van der Waals surface area contributed by atoms with Gasteiger partial charge in [0.25, 0.3) is 5.91 Å². The van der Waals surface area contributed by atoms with Gasteiger partial charge in [0.15, 0.2) is 0 Å². The maximum absolute atomic E-state index is 12.5. The summed E-state index contributed by atoms with van der Waals surface area (Å²) in [7, 11) is 0. The largest absolute Gasteiger partial charge is 0.349 e. The van der Waals surface area contributed by atoms with E-state index < -0.39 is 0 Å². The van der Waals surface area contributed by atoms with Crippen molar-refractivity contribution >= 4 is 22.4 Å². The van der Waals surface area contributed by atoms with E-state index in [0.717, 1.165) is 43.0 Å². The summed E-state index contributed by atoms with van der Waals surface area (Å²) in [4.78, 5) is 17.2. The number of amides is 1. The van der Waals surface area contributed by atoms with Crippen LogP contribution in [0.2, 0.25) is 0 Å². The molecule has 4 rings (SSSR count). The van der Waals surface area contributed by atoms with Gasteiger partial charge in [-0.3, -0.25) is 9.36 Å². The summed E-state index contributed by atoms with van der Waals surface area (Å²) in [5, 5.41) is 13.3. The molecule has 0 aromatic carbocycles. The third kappa shape index (κ3) is 3.69. The smallest absolute Gasteiger partial charge is 0.268 e. The van der Waals surface area contributed by atoms with Crippen molar-refractivity contribution in [3.8, 4) is 5.13 Å². The minimum atomic E-state index is -0.0536. The first-order chi connectivity index (χ1) is 12.3. The molecule has 7 nitrogen and oxygen atoms in total. The fourth-order valence-corrected chi connectivity index (χ4v) is 4.39. The SMILES string of the molecule is O=C(NCCN1CCCC1)c1cccn1-c1nnc(N2CCCC2)s1. The van der Waals surface area contributed by atoms with Crippen molar-refractivity contribution in [3.05, 3.63) is 24.0 Å². The molecular formula is C17H24N6OS. The molecule has 0 unspecified atom stereocenters. The van der Waals surface area contributed by atoms with Crippen LogP contribution in [0.4, 0.5) is 5.13 Å². The number of nitrogens with one attached hydrogen (secondary N) is 1. The minimum Gasteiger partial charge on any atom is -0.349 e. The number of carbonyl (C=O) groups is 1. The van der Waals surface area contributed by atoms with Gasteiger partial charge in [0.05, 0.1) is 0 Å². The summed E-state index contributed by atoms with van der Waals surface area (Å²) in [6.07, 6.45) is 6.84. The topological polar surface area (TPSA) is 66.3 Å². The Labute approximate surface area is 151 Å². The van der Waals surface area contributed by atoms with E-state index in [1.807, 2.05) is 22.9 Å². The van der Waals surface area contributed by atoms with Crippen molar-refractivity contribution in [3.63, 3.8) is 0 Å². The summed E-state index contributed by atoms with van der Waals surface area (Å²) < 4.78 is 1.84. The van der Waals surface area contributed by atoms with Crippen molar-refractivity contribution in [2.75, 3.05) is 44.2 Å². The maximum Gasteiger partial charge on any atom is 0.268 e. The molecule has 2 aromatic rings. The molecule has 2 saturated heterocycles. The highest BCUT2D eigenvalue weighted by Gasteiger charge is 2.20. The minimum absolute atomic E-state index is 0.0536. The monoisotopic (exact) mass is 360 g/mol. The van der Waals surface area contributed by atoms with Gasteiger partial charge < -0.3 is 15.1 Å². The summed E-state index contributed by atoms with van der Waals surface area (Å²) in [5.41, 5.74) is 0.616. The van der Waals surface area contributed by atoms with Gasteiger partial charge in [0, 0.05) is 32.4 Å². The molecule has 2 aliphatic rings. The number of rotatable bonds is 6. The van der Waals surface area contributed by atoms with E-state index in [-0.39, 0.29) is 5.91 Å². The van der Waals surface area contributed by atoms with Gasteiger partial charge in [-0.2, -0.15) is 0 Å². The van der Waals surface area contributed by atoms with Crippen LogP contribution in [0.1, 0.15) is 36.2 Å². The van der Waals surface area contributed by atoms with Crippen LogP contribution in [0.3, 0.4) is 0 Å². The Kier molecular flexibility index (Phi) is 4.98. The molecule has 134 valence electrons. The second-order valence-electron chi connectivity index (χ2n) is 6.63. The molecule has 0 spiro atoms. The van der Waals surface area contributed by atoms with Gasteiger partial charge in [0.1, 0.15) is 5.69 Å². The zero-order valence-corrected chi connectivity index (χ0v) is 15.2. The standard InChI is InChI=1S/C17H24N6OS/c24-15(18-7-13-21-8-1-2-9-21)14-6-5-12-23(14)17-20-19-16(25-17)22-10-3-4-11-22/h5-6,12H,1-4,7-11,13H2,(H,18,24). The number of anilines is 1. The van der Waals surface area contributed by atoms with Crippen molar-refractivity contribution < 1.29 is 4.79 Å². The number of hydrogen-bond acceptors (Lipinski definition) is 6. The Hall–Kier alpha value is -1.93. The van der Waals surface area contributed by atoms with Crippen LogP contribution < -0.4 is 10.2 Å². The third-order valence-electron chi connectivity index (χ3n) is 4.88. The molecule has 0 radical (unpaired) electrons. The molecule has 1 amide bonds. The summed E-state index contributed by atoms with van der Waals surface area (Å²) in [5.74, 6) is -0.0536. The molecular weight excluding hydrogens is 336 g/mol. The Morgan fingerprint density at radius 3 is 2.60 bits per heavy atom. The number of likely N-dealkylation sites (tertiary alicyclic amines) is 1. The quantitative estimate of drug-likeness (QED) is 0.850. The van der Waals surface area contributed by atoms with Crippen molar-refractivity contribution in [1.82, 2.24) is 25.0 Å². The predicted octanol–water partition coefficient (Wildman–Crippen LogP) is 1.75. The van der Waals surface area contributed by atoms with Gasteiger partial charge in [-0.15, -0.1) is 10.2 Å². The lowest BCUT2D eigenvalue weighted by atomic mass is 10.4. The lowest BCUT2D eigenvalue weighted by Gasteiger charge is -2.15. The number of hydrogen-bond donors (Lipinski definition) is 1. The summed E-state index contributed by atoms with van der Waals surface area (Å²) in [6, 6.07) is 3.72. The van der Waals surface area contributed by atoms with E-state index in [4.69, 9.17) is 0 Å². The lowest BCUT2D eigenvalue weighted by molar-refractivity contribution is 0.0943. The van der Waals surface area contributed by atoms with E-state index in [0.29, 0.717) is 12.2 Å². The van der Waals surface area contributed by atoms with Crippen molar-refractivity contribution in [2.45, 2.75) is 25.7 Å². The molecule has 8 heteroatoms. The summed E-state index contributed by atoms with van der Waals surface area (Å²) >= 11 is 1.54. The van der Waals surface area contributed by atoms with E-state index in [1.165, 1.54) is 25.7 Å².